The highest BCUT2D eigenvalue weighted by molar-refractivity contribution is 6.32. The Morgan fingerprint density at radius 1 is 1.44 bits per heavy atom. The van der Waals surface area contributed by atoms with Crippen molar-refractivity contribution in [3.05, 3.63) is 10.7 Å². The highest BCUT2D eigenvalue weighted by atomic mass is 35.5. The van der Waals surface area contributed by atoms with Crippen LogP contribution in [0.1, 0.15) is 36.0 Å². The van der Waals surface area contributed by atoms with E-state index in [9.17, 15) is 4.79 Å². The van der Waals surface area contributed by atoms with Gasteiger partial charge in [0.15, 0.2) is 11.4 Å². The van der Waals surface area contributed by atoms with Gasteiger partial charge >= 0.3 is 0 Å². The van der Waals surface area contributed by atoms with Crippen molar-refractivity contribution in [2.45, 2.75) is 32.2 Å². The molecule has 0 N–H and O–H groups in total. The van der Waals surface area contributed by atoms with Gasteiger partial charge in [-0.1, -0.05) is 24.4 Å². The van der Waals surface area contributed by atoms with Crippen LogP contribution in [-0.2, 0) is 6.54 Å². The van der Waals surface area contributed by atoms with E-state index >= 15 is 0 Å². The van der Waals surface area contributed by atoms with E-state index in [1.54, 1.807) is 4.68 Å². The van der Waals surface area contributed by atoms with Gasteiger partial charge in [-0.15, -0.1) is 0 Å². The number of fused-ring (bicyclic) bond motifs is 1. The van der Waals surface area contributed by atoms with Gasteiger partial charge in [-0.05, 0) is 12.8 Å². The van der Waals surface area contributed by atoms with Crippen LogP contribution in [0.3, 0.4) is 0 Å². The SMILES string of the molecule is O=Cc1c(Cl)nn2c1OCC1(CCCC1)C2. The molecule has 1 aromatic heterocycles. The van der Waals surface area contributed by atoms with Gasteiger partial charge in [0.05, 0.1) is 13.2 Å². The Morgan fingerprint density at radius 3 is 2.88 bits per heavy atom. The summed E-state index contributed by atoms with van der Waals surface area (Å²) in [6.07, 6.45) is 5.59. The van der Waals surface area contributed by atoms with Crippen LogP contribution in [0.25, 0.3) is 0 Å². The van der Waals surface area contributed by atoms with Crippen LogP contribution in [0.2, 0.25) is 5.15 Å². The van der Waals surface area contributed by atoms with Gasteiger partial charge in [0.2, 0.25) is 5.88 Å². The molecule has 3 rings (SSSR count). The Morgan fingerprint density at radius 2 is 2.19 bits per heavy atom. The molecule has 1 spiro atoms. The van der Waals surface area contributed by atoms with Crippen molar-refractivity contribution in [1.82, 2.24) is 9.78 Å². The minimum atomic E-state index is 0.225. The van der Waals surface area contributed by atoms with Crippen molar-refractivity contribution >= 4 is 17.9 Å². The van der Waals surface area contributed by atoms with Crippen molar-refractivity contribution in [3.8, 4) is 5.88 Å². The summed E-state index contributed by atoms with van der Waals surface area (Å²) in [7, 11) is 0. The normalized spacial score (nSPS) is 21.8. The van der Waals surface area contributed by atoms with Gasteiger partial charge in [-0.3, -0.25) is 4.79 Å². The molecule has 2 aliphatic rings. The molecule has 4 nitrogen and oxygen atoms in total. The second kappa shape index (κ2) is 3.48. The number of nitrogens with zero attached hydrogens (tertiary/aromatic N) is 2. The lowest BCUT2D eigenvalue weighted by atomic mass is 9.86. The third kappa shape index (κ3) is 1.36. The van der Waals surface area contributed by atoms with E-state index < -0.39 is 0 Å². The highest BCUT2D eigenvalue weighted by Crippen LogP contribution is 2.44. The molecule has 0 saturated heterocycles. The van der Waals surface area contributed by atoms with Crippen LogP contribution in [0.5, 0.6) is 5.88 Å². The van der Waals surface area contributed by atoms with E-state index in [-0.39, 0.29) is 10.6 Å². The average Bonchev–Trinajstić information content (AvgIpc) is 2.82. The quantitative estimate of drug-likeness (QED) is 0.708. The fourth-order valence-corrected chi connectivity index (χ4v) is 3.02. The number of ether oxygens (including phenoxy) is 1. The van der Waals surface area contributed by atoms with Gasteiger partial charge in [-0.25, -0.2) is 4.68 Å². The zero-order valence-electron chi connectivity index (χ0n) is 8.91. The molecular formula is C11H13ClN2O2. The fourth-order valence-electron chi connectivity index (χ4n) is 2.80. The van der Waals surface area contributed by atoms with Gasteiger partial charge in [0.1, 0.15) is 5.56 Å². The average molecular weight is 241 g/mol. The highest BCUT2D eigenvalue weighted by Gasteiger charge is 2.40. The van der Waals surface area contributed by atoms with Crippen LogP contribution in [0, 0.1) is 5.41 Å². The van der Waals surface area contributed by atoms with Crippen LogP contribution in [-0.4, -0.2) is 22.7 Å². The van der Waals surface area contributed by atoms with Crippen molar-refractivity contribution in [1.29, 1.82) is 0 Å². The Kier molecular flexibility index (Phi) is 2.21. The molecule has 0 aromatic carbocycles. The first-order chi connectivity index (χ1) is 7.74. The molecule has 0 bridgehead atoms. The Bertz CT molecular complexity index is 435. The molecule has 5 heteroatoms. The molecule has 1 saturated carbocycles. The van der Waals surface area contributed by atoms with Gasteiger partial charge in [-0.2, -0.15) is 5.10 Å². The third-order valence-corrected chi connectivity index (χ3v) is 3.96. The van der Waals surface area contributed by atoms with Crippen molar-refractivity contribution in [2.75, 3.05) is 6.61 Å². The van der Waals surface area contributed by atoms with E-state index in [1.165, 1.54) is 25.7 Å². The largest absolute Gasteiger partial charge is 0.477 e. The van der Waals surface area contributed by atoms with E-state index in [2.05, 4.69) is 5.10 Å². The monoisotopic (exact) mass is 240 g/mol. The zero-order valence-corrected chi connectivity index (χ0v) is 9.66. The molecule has 0 atom stereocenters. The van der Waals surface area contributed by atoms with Gasteiger partial charge in [0.25, 0.3) is 0 Å². The predicted molar refractivity (Wildman–Crippen MR) is 59.0 cm³/mol. The molecule has 2 heterocycles. The molecular weight excluding hydrogens is 228 g/mol. The number of hydrogen-bond donors (Lipinski definition) is 0. The maximum Gasteiger partial charge on any atom is 0.224 e. The number of aldehydes is 1. The Hall–Kier alpha value is -1.03. The van der Waals surface area contributed by atoms with E-state index in [4.69, 9.17) is 16.3 Å². The van der Waals surface area contributed by atoms with E-state index in [1.807, 2.05) is 0 Å². The lowest BCUT2D eigenvalue weighted by Gasteiger charge is -2.33. The summed E-state index contributed by atoms with van der Waals surface area (Å²) in [5.74, 6) is 0.539. The predicted octanol–water partition coefficient (Wildman–Crippen LogP) is 2.30. The Balaban J connectivity index is 1.98. The molecule has 0 radical (unpaired) electrons. The number of carbonyl (C=O) groups is 1. The summed E-state index contributed by atoms with van der Waals surface area (Å²) in [4.78, 5) is 10.9. The number of halogens is 1. The second-order valence-corrected chi connectivity index (χ2v) is 5.14. The van der Waals surface area contributed by atoms with Crippen LogP contribution >= 0.6 is 11.6 Å². The molecule has 0 amide bonds. The topological polar surface area (TPSA) is 44.1 Å². The summed E-state index contributed by atoms with van der Waals surface area (Å²) >= 11 is 5.89. The van der Waals surface area contributed by atoms with Crippen molar-refractivity contribution in [3.63, 3.8) is 0 Å². The number of aromatic nitrogens is 2. The lowest BCUT2D eigenvalue weighted by molar-refractivity contribution is 0.0733. The summed E-state index contributed by atoms with van der Waals surface area (Å²) in [5.41, 5.74) is 0.609. The maximum atomic E-state index is 10.9. The van der Waals surface area contributed by atoms with Crippen LogP contribution in [0.4, 0.5) is 0 Å². The molecule has 1 aliphatic heterocycles. The minimum Gasteiger partial charge on any atom is -0.477 e. The van der Waals surface area contributed by atoms with Crippen LogP contribution < -0.4 is 4.74 Å². The van der Waals surface area contributed by atoms with Crippen molar-refractivity contribution in [2.24, 2.45) is 5.41 Å². The van der Waals surface area contributed by atoms with Crippen LogP contribution in [0.15, 0.2) is 0 Å². The zero-order chi connectivity index (χ0) is 11.2. The molecule has 1 aliphatic carbocycles. The first kappa shape index (κ1) is 10.1. The fraction of sp³-hybridized carbons (Fsp3) is 0.636. The number of rotatable bonds is 1. The van der Waals surface area contributed by atoms with Crippen molar-refractivity contribution < 1.29 is 9.53 Å². The second-order valence-electron chi connectivity index (χ2n) is 4.78. The molecule has 1 fully saturated rings. The van der Waals surface area contributed by atoms with E-state index in [0.717, 1.165) is 6.54 Å². The third-order valence-electron chi connectivity index (χ3n) is 3.68. The Labute approximate surface area is 98.5 Å². The standard InChI is InChI=1S/C11H13ClN2O2/c12-9-8(5-15)10-14(13-9)6-11(7-16-10)3-1-2-4-11/h5H,1-4,6-7H2. The maximum absolute atomic E-state index is 10.9. The molecule has 86 valence electrons. The van der Waals surface area contributed by atoms with Gasteiger partial charge < -0.3 is 4.74 Å². The molecule has 1 aromatic rings. The van der Waals surface area contributed by atoms with Gasteiger partial charge in [0, 0.05) is 5.41 Å². The smallest absolute Gasteiger partial charge is 0.224 e. The minimum absolute atomic E-state index is 0.225. The first-order valence-corrected chi connectivity index (χ1v) is 5.96. The lowest BCUT2D eigenvalue weighted by Crippen LogP contribution is -2.36. The molecule has 16 heavy (non-hydrogen) atoms. The summed E-state index contributed by atoms with van der Waals surface area (Å²) < 4.78 is 7.44. The summed E-state index contributed by atoms with van der Waals surface area (Å²) in [6.45, 7) is 1.52. The molecule has 0 unspecified atom stereocenters. The summed E-state index contributed by atoms with van der Waals surface area (Å²) in [5, 5.41) is 4.42. The summed E-state index contributed by atoms with van der Waals surface area (Å²) in [6, 6.07) is 0. The number of hydrogen-bond acceptors (Lipinski definition) is 3. The number of carbonyl (C=O) groups excluding carboxylic acids is 1. The van der Waals surface area contributed by atoms with E-state index in [0.29, 0.717) is 24.3 Å². The first-order valence-electron chi connectivity index (χ1n) is 5.58.